The second-order valence-corrected chi connectivity index (χ2v) is 8.88. The summed E-state index contributed by atoms with van der Waals surface area (Å²) in [6, 6.07) is 10.8. The van der Waals surface area contributed by atoms with Gasteiger partial charge in [0.05, 0.1) is 41.6 Å². The number of nitrogens with one attached hydrogen (secondary N) is 1. The molecule has 36 heavy (non-hydrogen) atoms. The van der Waals surface area contributed by atoms with Gasteiger partial charge in [-0.3, -0.25) is 29.8 Å². The number of non-ortho nitro benzene ring substituents is 1. The monoisotopic (exact) mass is 566 g/mol. The van der Waals surface area contributed by atoms with E-state index in [4.69, 9.17) is 46.4 Å². The molecular formula is C22H10Cl4N4O6. The second-order valence-electron chi connectivity index (χ2n) is 7.37. The largest absolute Gasteiger partial charge is 0.293 e. The number of hydrogen-bond acceptors (Lipinski definition) is 7. The molecule has 1 aliphatic carbocycles. The van der Waals surface area contributed by atoms with Crippen LogP contribution in [0.25, 0.3) is 0 Å². The van der Waals surface area contributed by atoms with Crippen LogP contribution in [0.3, 0.4) is 0 Å². The van der Waals surface area contributed by atoms with Gasteiger partial charge in [0, 0.05) is 29.3 Å². The molecule has 1 atom stereocenters. The van der Waals surface area contributed by atoms with Gasteiger partial charge in [-0.1, -0.05) is 76.7 Å². The fraction of sp³-hybridized carbons (Fsp3) is 0.0455. The number of hydrogen-bond donors (Lipinski definition) is 1. The minimum Gasteiger partial charge on any atom is -0.293 e. The predicted molar refractivity (Wildman–Crippen MR) is 134 cm³/mol. The van der Waals surface area contributed by atoms with E-state index in [9.17, 15) is 29.8 Å². The van der Waals surface area contributed by atoms with Crippen molar-refractivity contribution in [2.45, 2.75) is 5.92 Å². The van der Waals surface area contributed by atoms with E-state index in [1.165, 1.54) is 0 Å². The molecule has 182 valence electrons. The van der Waals surface area contributed by atoms with Gasteiger partial charge in [0.25, 0.3) is 17.3 Å². The maximum absolute atomic E-state index is 13.4. The highest BCUT2D eigenvalue weighted by Crippen LogP contribution is 2.48. The Morgan fingerprint density at radius 1 is 0.861 bits per heavy atom. The van der Waals surface area contributed by atoms with Crippen LogP contribution in [0.2, 0.25) is 20.1 Å². The molecule has 0 bridgehead atoms. The first-order valence-electron chi connectivity index (χ1n) is 9.80. The highest BCUT2D eigenvalue weighted by atomic mass is 35.5. The molecule has 0 saturated heterocycles. The number of benzene rings is 3. The van der Waals surface area contributed by atoms with Gasteiger partial charge >= 0.3 is 0 Å². The maximum atomic E-state index is 13.4. The summed E-state index contributed by atoms with van der Waals surface area (Å²) in [5.41, 5.74) is 0.702. The molecule has 1 aliphatic rings. The van der Waals surface area contributed by atoms with Gasteiger partial charge in [-0.2, -0.15) is 5.10 Å². The lowest BCUT2D eigenvalue weighted by Gasteiger charge is -2.12. The van der Waals surface area contributed by atoms with Gasteiger partial charge in [-0.25, -0.2) is 5.43 Å². The van der Waals surface area contributed by atoms with Crippen LogP contribution in [0.15, 0.2) is 53.6 Å². The zero-order valence-corrected chi connectivity index (χ0v) is 20.5. The first-order valence-corrected chi connectivity index (χ1v) is 11.3. The van der Waals surface area contributed by atoms with Gasteiger partial charge in [-0.15, -0.1) is 0 Å². The minimum atomic E-state index is -1.13. The standard InChI is InChI=1S/C22H10Cl4N4O6/c23-16-14-15(17(24)19(26)18(16)25)21(31)13(9-4-2-1-3-5-9)20(14)27-28-22(32)11-8-10(29(33)34)6-7-12(11)30(35)36/h1-8,13H,(H,28,32)/b27-20+/t13-/m1/s1. The van der Waals surface area contributed by atoms with E-state index in [0.29, 0.717) is 5.56 Å². The van der Waals surface area contributed by atoms with Crippen LogP contribution < -0.4 is 5.43 Å². The number of halogens is 4. The molecule has 0 aliphatic heterocycles. The molecule has 1 N–H and O–H groups in total. The molecule has 0 radical (unpaired) electrons. The summed E-state index contributed by atoms with van der Waals surface area (Å²) < 4.78 is 0. The smallest absolute Gasteiger partial charge is 0.282 e. The molecule has 0 saturated carbocycles. The van der Waals surface area contributed by atoms with Crippen molar-refractivity contribution in [2.75, 3.05) is 0 Å². The van der Waals surface area contributed by atoms with Gasteiger partial charge in [0.15, 0.2) is 5.78 Å². The summed E-state index contributed by atoms with van der Waals surface area (Å²) in [5.74, 6) is -2.73. The number of nitro groups is 2. The fourth-order valence-corrected chi connectivity index (χ4v) is 4.78. The van der Waals surface area contributed by atoms with Crippen LogP contribution in [-0.4, -0.2) is 27.2 Å². The molecule has 0 aromatic heterocycles. The SMILES string of the molecule is O=C(N/N=C1/c2c(Cl)c(Cl)c(Cl)c(Cl)c2C(=O)[C@@H]1c1ccccc1)c1cc([N+](=O)[O-])ccc1[N+](=O)[O-]. The average molecular weight is 568 g/mol. The lowest BCUT2D eigenvalue weighted by molar-refractivity contribution is -0.389. The molecule has 3 aromatic carbocycles. The van der Waals surface area contributed by atoms with Crippen molar-refractivity contribution in [3.63, 3.8) is 0 Å². The number of amides is 1. The molecule has 0 heterocycles. The highest BCUT2D eigenvalue weighted by molar-refractivity contribution is 6.56. The molecular weight excluding hydrogens is 558 g/mol. The summed E-state index contributed by atoms with van der Waals surface area (Å²) in [4.78, 5) is 47.1. The van der Waals surface area contributed by atoms with Gasteiger partial charge in [0.1, 0.15) is 5.56 Å². The number of nitro benzene ring substituents is 2. The molecule has 10 nitrogen and oxygen atoms in total. The van der Waals surface area contributed by atoms with Gasteiger partial charge < -0.3 is 0 Å². The third-order valence-corrected chi connectivity index (χ3v) is 7.15. The van der Waals surface area contributed by atoms with Crippen LogP contribution in [0.5, 0.6) is 0 Å². The highest BCUT2D eigenvalue weighted by Gasteiger charge is 2.43. The topological polar surface area (TPSA) is 145 Å². The van der Waals surface area contributed by atoms with Gasteiger partial charge in [0.2, 0.25) is 0 Å². The molecule has 1 amide bonds. The number of hydrazone groups is 1. The Bertz CT molecular complexity index is 1510. The predicted octanol–water partition coefficient (Wildman–Crippen LogP) is 6.23. The zero-order chi connectivity index (χ0) is 26.3. The Kier molecular flexibility index (Phi) is 6.96. The van der Waals surface area contributed by atoms with Crippen molar-refractivity contribution in [3.05, 3.63) is 111 Å². The fourth-order valence-electron chi connectivity index (χ4n) is 3.74. The van der Waals surface area contributed by atoms with E-state index >= 15 is 0 Å². The zero-order valence-electron chi connectivity index (χ0n) is 17.5. The van der Waals surface area contributed by atoms with E-state index in [-0.39, 0.29) is 36.9 Å². The number of ketones is 1. The Morgan fingerprint density at radius 2 is 1.47 bits per heavy atom. The Hall–Kier alpha value is -3.57. The summed E-state index contributed by atoms with van der Waals surface area (Å²) in [7, 11) is 0. The third kappa shape index (κ3) is 4.28. The summed E-state index contributed by atoms with van der Waals surface area (Å²) >= 11 is 25.0. The van der Waals surface area contributed by atoms with Crippen molar-refractivity contribution < 1.29 is 19.4 Å². The summed E-state index contributed by atoms with van der Waals surface area (Å²) in [6.45, 7) is 0. The van der Waals surface area contributed by atoms with E-state index < -0.39 is 44.4 Å². The average Bonchev–Trinajstić information content (AvgIpc) is 3.16. The van der Waals surface area contributed by atoms with Crippen molar-refractivity contribution in [1.82, 2.24) is 5.43 Å². The number of carbonyl (C=O) groups excluding carboxylic acids is 2. The number of carbonyl (C=O) groups is 2. The van der Waals surface area contributed by atoms with Crippen molar-refractivity contribution in [1.29, 1.82) is 0 Å². The maximum Gasteiger partial charge on any atom is 0.282 e. The van der Waals surface area contributed by atoms with Crippen molar-refractivity contribution in [2.24, 2.45) is 5.10 Å². The molecule has 0 unspecified atom stereocenters. The Labute approximate surface area is 221 Å². The van der Waals surface area contributed by atoms with Crippen LogP contribution in [0.4, 0.5) is 11.4 Å². The summed E-state index contributed by atoms with van der Waals surface area (Å²) in [5, 5.41) is 26.0. The molecule has 3 aromatic rings. The first kappa shape index (κ1) is 25.5. The van der Waals surface area contributed by atoms with Crippen LogP contribution >= 0.6 is 46.4 Å². The molecule has 0 fully saturated rings. The lowest BCUT2D eigenvalue weighted by Crippen LogP contribution is -2.23. The second kappa shape index (κ2) is 9.82. The third-order valence-electron chi connectivity index (χ3n) is 5.35. The van der Waals surface area contributed by atoms with Crippen LogP contribution in [0, 0.1) is 20.2 Å². The number of nitrogens with zero attached hydrogens (tertiary/aromatic N) is 3. The molecule has 0 spiro atoms. The molecule has 4 rings (SSSR count). The first-order chi connectivity index (χ1) is 17.0. The summed E-state index contributed by atoms with van der Waals surface area (Å²) in [6.07, 6.45) is 0. The normalized spacial score (nSPS) is 15.6. The Morgan fingerprint density at radius 3 is 2.06 bits per heavy atom. The Balaban J connectivity index is 1.87. The van der Waals surface area contributed by atoms with E-state index in [0.717, 1.165) is 18.2 Å². The van der Waals surface area contributed by atoms with Crippen molar-refractivity contribution in [3.8, 4) is 0 Å². The number of fused-ring (bicyclic) bond motifs is 1. The van der Waals surface area contributed by atoms with E-state index in [2.05, 4.69) is 10.5 Å². The lowest BCUT2D eigenvalue weighted by atomic mass is 9.94. The van der Waals surface area contributed by atoms with Crippen LogP contribution in [0.1, 0.15) is 37.8 Å². The minimum absolute atomic E-state index is 0.0313. The number of rotatable bonds is 5. The van der Waals surface area contributed by atoms with Gasteiger partial charge in [-0.05, 0) is 5.56 Å². The van der Waals surface area contributed by atoms with Crippen molar-refractivity contribution >= 4 is 75.2 Å². The van der Waals surface area contributed by atoms with Crippen LogP contribution in [-0.2, 0) is 0 Å². The quantitative estimate of drug-likeness (QED) is 0.167. The van der Waals surface area contributed by atoms with E-state index in [1.807, 2.05) is 0 Å². The number of Topliss-reactive ketones (excluding diaryl/α,β-unsaturated/α-hetero) is 1. The van der Waals surface area contributed by atoms with E-state index in [1.54, 1.807) is 30.3 Å². The molecule has 14 heteroatoms.